The quantitative estimate of drug-likeness (QED) is 0.411. The zero-order valence-electron chi connectivity index (χ0n) is 16.5. The minimum Gasteiger partial charge on any atom is -0.459 e. The van der Waals surface area contributed by atoms with Gasteiger partial charge in [0, 0.05) is 30.9 Å². The lowest BCUT2D eigenvalue weighted by Gasteiger charge is -2.56. The SMILES string of the molecule is CO[C@H]1[C@@]2(C)[C@H](CC[C@H](OC(=O)/C=C\SC)[C@@H]2C)C[C@@]23OC(=O)[C@H](C)[C@@]12O3. The number of hydrogen-bond acceptors (Lipinski definition) is 7. The number of thioether (sulfide) groups is 1. The average Bonchev–Trinajstić information content (AvgIpc) is 3.23. The molecule has 2 aliphatic heterocycles. The molecule has 0 aromatic rings. The molecular formula is C20H28O6S. The summed E-state index contributed by atoms with van der Waals surface area (Å²) in [6.45, 7) is 6.19. The third kappa shape index (κ3) is 2.34. The van der Waals surface area contributed by atoms with Crippen LogP contribution in [0.2, 0.25) is 0 Å². The summed E-state index contributed by atoms with van der Waals surface area (Å²) in [6, 6.07) is 0. The Bertz CT molecular complexity index is 694. The lowest BCUT2D eigenvalue weighted by Crippen LogP contribution is -2.63. The molecule has 7 heteroatoms. The molecule has 0 unspecified atom stereocenters. The number of carbonyl (C=O) groups is 2. The summed E-state index contributed by atoms with van der Waals surface area (Å²) in [5.41, 5.74) is -0.994. The molecule has 4 fully saturated rings. The lowest BCUT2D eigenvalue weighted by molar-refractivity contribution is -0.189. The van der Waals surface area contributed by atoms with Crippen molar-refractivity contribution in [2.75, 3.05) is 13.4 Å². The number of epoxide rings is 1. The molecule has 4 aliphatic rings. The van der Waals surface area contributed by atoms with E-state index in [0.717, 1.165) is 12.8 Å². The summed E-state index contributed by atoms with van der Waals surface area (Å²) in [4.78, 5) is 24.4. The molecule has 0 aromatic heterocycles. The molecule has 0 N–H and O–H groups in total. The molecule has 8 atom stereocenters. The zero-order valence-corrected chi connectivity index (χ0v) is 17.3. The minimum absolute atomic E-state index is 0.0762. The highest BCUT2D eigenvalue weighted by atomic mass is 32.2. The molecule has 0 radical (unpaired) electrons. The van der Waals surface area contributed by atoms with Crippen molar-refractivity contribution in [1.29, 1.82) is 0 Å². The van der Waals surface area contributed by atoms with Crippen LogP contribution in [0.5, 0.6) is 0 Å². The lowest BCUT2D eigenvalue weighted by atomic mass is 9.50. The van der Waals surface area contributed by atoms with Crippen molar-refractivity contribution < 1.29 is 28.5 Å². The first-order valence-corrected chi connectivity index (χ1v) is 10.9. The van der Waals surface area contributed by atoms with Crippen molar-refractivity contribution in [3.63, 3.8) is 0 Å². The van der Waals surface area contributed by atoms with Gasteiger partial charge in [-0.15, -0.1) is 11.8 Å². The van der Waals surface area contributed by atoms with Gasteiger partial charge in [-0.05, 0) is 37.3 Å². The zero-order chi connectivity index (χ0) is 19.6. The maximum Gasteiger partial charge on any atom is 0.331 e. The molecule has 4 rings (SSSR count). The van der Waals surface area contributed by atoms with E-state index in [2.05, 4.69) is 13.8 Å². The summed E-state index contributed by atoms with van der Waals surface area (Å²) in [5.74, 6) is -1.34. The number of hydrogen-bond donors (Lipinski definition) is 0. The minimum atomic E-state index is -0.821. The third-order valence-corrected chi connectivity index (χ3v) is 8.09. The molecule has 0 amide bonds. The second kappa shape index (κ2) is 6.22. The molecule has 2 heterocycles. The van der Waals surface area contributed by atoms with Crippen molar-refractivity contribution in [2.45, 2.75) is 63.6 Å². The van der Waals surface area contributed by atoms with Gasteiger partial charge in [-0.1, -0.05) is 13.8 Å². The Hall–Kier alpha value is -1.05. The van der Waals surface area contributed by atoms with Gasteiger partial charge in [-0.3, -0.25) is 4.79 Å². The van der Waals surface area contributed by atoms with Crippen LogP contribution in [-0.2, 0) is 28.5 Å². The molecule has 27 heavy (non-hydrogen) atoms. The summed E-state index contributed by atoms with van der Waals surface area (Å²) >= 11 is 1.47. The van der Waals surface area contributed by atoms with Crippen LogP contribution in [0.25, 0.3) is 0 Å². The predicted octanol–water partition coefficient (Wildman–Crippen LogP) is 2.90. The van der Waals surface area contributed by atoms with Gasteiger partial charge >= 0.3 is 11.9 Å². The molecular weight excluding hydrogens is 368 g/mol. The monoisotopic (exact) mass is 396 g/mol. The molecule has 0 spiro atoms. The number of fused-ring (bicyclic) bond motifs is 1. The molecule has 0 bridgehead atoms. The maximum atomic E-state index is 12.3. The van der Waals surface area contributed by atoms with E-state index >= 15 is 0 Å². The number of methoxy groups -OCH3 is 1. The van der Waals surface area contributed by atoms with Crippen LogP contribution in [0.1, 0.15) is 40.0 Å². The van der Waals surface area contributed by atoms with Crippen LogP contribution in [-0.4, -0.2) is 48.9 Å². The molecule has 2 saturated heterocycles. The van der Waals surface area contributed by atoms with Crippen LogP contribution in [0.4, 0.5) is 0 Å². The molecule has 2 saturated carbocycles. The van der Waals surface area contributed by atoms with Gasteiger partial charge in [0.25, 0.3) is 0 Å². The Morgan fingerprint density at radius 1 is 1.33 bits per heavy atom. The average molecular weight is 397 g/mol. The molecule has 150 valence electrons. The van der Waals surface area contributed by atoms with Crippen molar-refractivity contribution in [2.24, 2.45) is 23.2 Å². The van der Waals surface area contributed by atoms with Crippen LogP contribution in [0.3, 0.4) is 0 Å². The number of esters is 2. The number of rotatable bonds is 4. The van der Waals surface area contributed by atoms with Crippen LogP contribution in [0, 0.1) is 23.2 Å². The Kier molecular flexibility index (Phi) is 4.44. The fourth-order valence-electron chi connectivity index (χ4n) is 6.08. The van der Waals surface area contributed by atoms with E-state index < -0.39 is 11.4 Å². The van der Waals surface area contributed by atoms with Crippen LogP contribution < -0.4 is 0 Å². The smallest absolute Gasteiger partial charge is 0.331 e. The Morgan fingerprint density at radius 2 is 2.07 bits per heavy atom. The van der Waals surface area contributed by atoms with Crippen molar-refractivity contribution in [3.05, 3.63) is 11.5 Å². The molecule has 0 aromatic carbocycles. The van der Waals surface area contributed by atoms with Gasteiger partial charge in [0.05, 0.1) is 12.0 Å². The fraction of sp³-hybridized carbons (Fsp3) is 0.800. The first kappa shape index (κ1) is 19.3. The van der Waals surface area contributed by atoms with E-state index in [9.17, 15) is 9.59 Å². The second-order valence-corrected chi connectivity index (χ2v) is 9.30. The van der Waals surface area contributed by atoms with E-state index in [-0.39, 0.29) is 47.3 Å². The second-order valence-electron chi connectivity index (χ2n) is 8.55. The van der Waals surface area contributed by atoms with Crippen LogP contribution in [0.15, 0.2) is 11.5 Å². The Balaban J connectivity index is 1.63. The van der Waals surface area contributed by atoms with E-state index in [4.69, 9.17) is 18.9 Å². The van der Waals surface area contributed by atoms with Gasteiger partial charge in [-0.2, -0.15) is 0 Å². The highest BCUT2D eigenvalue weighted by Gasteiger charge is 2.90. The van der Waals surface area contributed by atoms with Crippen molar-refractivity contribution in [3.8, 4) is 0 Å². The first-order valence-electron chi connectivity index (χ1n) is 9.62. The molecule has 2 aliphatic carbocycles. The topological polar surface area (TPSA) is 74.4 Å². The summed E-state index contributed by atoms with van der Waals surface area (Å²) in [5, 5.41) is 1.73. The van der Waals surface area contributed by atoms with E-state index in [0.29, 0.717) is 6.42 Å². The van der Waals surface area contributed by atoms with E-state index in [1.165, 1.54) is 17.8 Å². The Labute approximate surface area is 164 Å². The normalized spacial score (nSPS) is 50.6. The number of ether oxygens (including phenoxy) is 4. The van der Waals surface area contributed by atoms with Crippen molar-refractivity contribution in [1.82, 2.24) is 0 Å². The van der Waals surface area contributed by atoms with Gasteiger partial charge in [-0.25, -0.2) is 4.79 Å². The summed E-state index contributed by atoms with van der Waals surface area (Å²) in [7, 11) is 1.68. The largest absolute Gasteiger partial charge is 0.459 e. The fourth-order valence-corrected chi connectivity index (χ4v) is 6.32. The first-order chi connectivity index (χ1) is 12.8. The predicted molar refractivity (Wildman–Crippen MR) is 99.7 cm³/mol. The van der Waals surface area contributed by atoms with E-state index in [1.807, 2.05) is 13.2 Å². The van der Waals surface area contributed by atoms with Crippen molar-refractivity contribution >= 4 is 23.7 Å². The van der Waals surface area contributed by atoms with Crippen LogP contribution >= 0.6 is 11.8 Å². The number of carbonyl (C=O) groups excluding carboxylic acids is 2. The highest BCUT2D eigenvalue weighted by molar-refractivity contribution is 8.01. The Morgan fingerprint density at radius 3 is 2.74 bits per heavy atom. The summed E-state index contributed by atoms with van der Waals surface area (Å²) < 4.78 is 23.6. The van der Waals surface area contributed by atoms with Gasteiger partial charge in [0.2, 0.25) is 5.79 Å². The third-order valence-electron chi connectivity index (χ3n) is 7.68. The summed E-state index contributed by atoms with van der Waals surface area (Å²) in [6.07, 6.45) is 5.28. The van der Waals surface area contributed by atoms with Gasteiger partial charge < -0.3 is 18.9 Å². The van der Waals surface area contributed by atoms with Gasteiger partial charge in [0.1, 0.15) is 6.10 Å². The molecule has 6 nitrogen and oxygen atoms in total. The highest BCUT2D eigenvalue weighted by Crippen LogP contribution is 2.74. The maximum absolute atomic E-state index is 12.3. The standard InChI is InChI=1S/C20H28O6S/c1-11-14(24-15(21)8-9-27-5)7-6-13-10-19-20(26-19,12(2)16(22)25-19)17(23-4)18(11,13)3/h8-9,11-14,17H,6-7,10H2,1-5H3/b9-8-/t11-,12-,13+,14-,17-,18+,19-,20+/m0/s1. The van der Waals surface area contributed by atoms with E-state index in [1.54, 1.807) is 12.5 Å². The van der Waals surface area contributed by atoms with Gasteiger partial charge in [0.15, 0.2) is 5.60 Å².